The predicted octanol–water partition coefficient (Wildman–Crippen LogP) is 5.33. The normalized spacial score (nSPS) is 16.1. The number of Topliss-reactive ketones (excluding diaryl/α,β-unsaturated/α-hetero) is 1. The second-order valence-corrected chi connectivity index (χ2v) is 8.23. The minimum absolute atomic E-state index is 0.172. The molecule has 0 unspecified atom stereocenters. The van der Waals surface area contributed by atoms with Gasteiger partial charge in [0, 0.05) is 29.7 Å². The van der Waals surface area contributed by atoms with Crippen molar-refractivity contribution in [3.05, 3.63) is 87.6 Å². The largest absolute Gasteiger partial charge is 0.497 e. The predicted molar refractivity (Wildman–Crippen MR) is 125 cm³/mol. The number of ether oxygens (including phenoxy) is 4. The van der Waals surface area contributed by atoms with Gasteiger partial charge in [0.2, 0.25) is 5.78 Å². The molecule has 3 aromatic carbocycles. The second-order valence-electron chi connectivity index (χ2n) is 7.82. The highest BCUT2D eigenvalue weighted by Crippen LogP contribution is 2.42. The van der Waals surface area contributed by atoms with Crippen molar-refractivity contribution in [1.82, 2.24) is 4.90 Å². The Balaban J connectivity index is 1.44. The first kappa shape index (κ1) is 21.4. The van der Waals surface area contributed by atoms with Crippen LogP contribution in [0.2, 0.25) is 5.02 Å². The quantitative estimate of drug-likeness (QED) is 0.477. The van der Waals surface area contributed by atoms with Gasteiger partial charge in [-0.25, -0.2) is 0 Å². The molecule has 0 N–H and O–H groups in total. The summed E-state index contributed by atoms with van der Waals surface area (Å²) in [6.07, 6.45) is 1.69. The van der Waals surface area contributed by atoms with Crippen LogP contribution < -0.4 is 18.9 Å². The van der Waals surface area contributed by atoms with Gasteiger partial charge in [0.25, 0.3) is 0 Å². The van der Waals surface area contributed by atoms with E-state index in [2.05, 4.69) is 4.90 Å². The Morgan fingerprint density at radius 1 is 1.09 bits per heavy atom. The van der Waals surface area contributed by atoms with Gasteiger partial charge >= 0.3 is 0 Å². The highest BCUT2D eigenvalue weighted by Gasteiger charge is 2.34. The number of hydrogen-bond acceptors (Lipinski definition) is 6. The Bertz CT molecular complexity index is 1270. The first-order valence-corrected chi connectivity index (χ1v) is 10.9. The average molecular weight is 464 g/mol. The summed E-state index contributed by atoms with van der Waals surface area (Å²) in [7, 11) is 3.16. The van der Waals surface area contributed by atoms with E-state index in [1.165, 1.54) is 0 Å². The molecule has 5 rings (SSSR count). The van der Waals surface area contributed by atoms with E-state index in [0.717, 1.165) is 22.4 Å². The maximum Gasteiger partial charge on any atom is 0.231 e. The smallest absolute Gasteiger partial charge is 0.231 e. The lowest BCUT2D eigenvalue weighted by Crippen LogP contribution is -2.31. The van der Waals surface area contributed by atoms with Crippen LogP contribution in [-0.4, -0.2) is 31.6 Å². The number of carbonyl (C=O) groups is 1. The van der Waals surface area contributed by atoms with Crippen molar-refractivity contribution < 1.29 is 23.7 Å². The van der Waals surface area contributed by atoms with E-state index in [9.17, 15) is 4.79 Å². The van der Waals surface area contributed by atoms with E-state index < -0.39 is 0 Å². The van der Waals surface area contributed by atoms with E-state index in [1.807, 2.05) is 42.5 Å². The third kappa shape index (κ3) is 4.03. The number of hydrogen-bond donors (Lipinski definition) is 0. The molecule has 0 fully saturated rings. The van der Waals surface area contributed by atoms with Crippen LogP contribution in [0.25, 0.3) is 6.08 Å². The van der Waals surface area contributed by atoms with Gasteiger partial charge in [-0.2, -0.15) is 0 Å². The number of ketones is 1. The Labute approximate surface area is 196 Å². The molecule has 2 heterocycles. The molecular formula is C26H22ClNO5. The van der Waals surface area contributed by atoms with Crippen LogP contribution in [-0.2, 0) is 13.1 Å². The number of halogens is 1. The van der Waals surface area contributed by atoms with Gasteiger partial charge in [0.15, 0.2) is 5.76 Å². The van der Waals surface area contributed by atoms with Crippen molar-refractivity contribution >= 4 is 23.5 Å². The molecule has 2 aliphatic rings. The average Bonchev–Trinajstić information content (AvgIpc) is 3.16. The number of nitrogens with zero attached hydrogens (tertiary/aromatic N) is 1. The fourth-order valence-electron chi connectivity index (χ4n) is 4.05. The molecular weight excluding hydrogens is 442 g/mol. The highest BCUT2D eigenvalue weighted by atomic mass is 35.5. The fraction of sp³-hybridized carbons (Fsp3) is 0.192. The molecule has 33 heavy (non-hydrogen) atoms. The molecule has 3 aromatic rings. The van der Waals surface area contributed by atoms with Gasteiger partial charge in [0.05, 0.1) is 25.3 Å². The Kier molecular flexibility index (Phi) is 5.70. The minimum Gasteiger partial charge on any atom is -0.497 e. The molecule has 7 heteroatoms. The lowest BCUT2D eigenvalue weighted by molar-refractivity contribution is 0.0873. The van der Waals surface area contributed by atoms with Gasteiger partial charge in [-0.1, -0.05) is 29.8 Å². The summed E-state index contributed by atoms with van der Waals surface area (Å²) >= 11 is 6.33. The summed E-state index contributed by atoms with van der Waals surface area (Å²) in [5.41, 5.74) is 3.11. The third-order valence-electron chi connectivity index (χ3n) is 5.76. The highest BCUT2D eigenvalue weighted by molar-refractivity contribution is 6.31. The lowest BCUT2D eigenvalue weighted by Gasteiger charge is -2.30. The van der Waals surface area contributed by atoms with Crippen molar-refractivity contribution in [3.63, 3.8) is 0 Å². The molecule has 0 spiro atoms. The van der Waals surface area contributed by atoms with Crippen LogP contribution in [0.5, 0.6) is 23.0 Å². The zero-order chi connectivity index (χ0) is 22.9. The lowest BCUT2D eigenvalue weighted by atomic mass is 10.0. The number of rotatable bonds is 5. The van der Waals surface area contributed by atoms with E-state index >= 15 is 0 Å². The Morgan fingerprint density at radius 2 is 1.94 bits per heavy atom. The minimum atomic E-state index is -0.172. The van der Waals surface area contributed by atoms with Crippen molar-refractivity contribution in [1.29, 1.82) is 0 Å². The zero-order valence-corrected chi connectivity index (χ0v) is 19.0. The summed E-state index contributed by atoms with van der Waals surface area (Å²) in [5, 5.41) is 0.715. The monoisotopic (exact) mass is 463 g/mol. The van der Waals surface area contributed by atoms with Gasteiger partial charge in [-0.3, -0.25) is 9.69 Å². The van der Waals surface area contributed by atoms with Crippen LogP contribution in [0.3, 0.4) is 0 Å². The Hall–Kier alpha value is -3.48. The number of methoxy groups -OCH3 is 2. The summed E-state index contributed by atoms with van der Waals surface area (Å²) in [5.74, 6) is 2.59. The first-order chi connectivity index (χ1) is 16.1. The second kappa shape index (κ2) is 8.81. The van der Waals surface area contributed by atoms with E-state index in [1.54, 1.807) is 32.4 Å². The van der Waals surface area contributed by atoms with Crippen molar-refractivity contribution in [3.8, 4) is 23.0 Å². The van der Waals surface area contributed by atoms with Crippen LogP contribution in [0.1, 0.15) is 27.0 Å². The SMILES string of the molecule is COc1ccc(/C=C2\Oc3c(ccc4c3CN(Cc3ccccc3Cl)CO4)C2=O)c(OC)c1. The van der Waals surface area contributed by atoms with Crippen LogP contribution in [0, 0.1) is 0 Å². The number of fused-ring (bicyclic) bond motifs is 3. The molecule has 6 nitrogen and oxygen atoms in total. The van der Waals surface area contributed by atoms with Crippen molar-refractivity contribution in [2.24, 2.45) is 0 Å². The first-order valence-electron chi connectivity index (χ1n) is 10.5. The summed E-state index contributed by atoms with van der Waals surface area (Å²) in [6, 6.07) is 16.7. The molecule has 0 bridgehead atoms. The van der Waals surface area contributed by atoms with Gasteiger partial charge < -0.3 is 18.9 Å². The molecule has 0 atom stereocenters. The number of benzene rings is 3. The van der Waals surface area contributed by atoms with Crippen LogP contribution >= 0.6 is 11.6 Å². The Morgan fingerprint density at radius 3 is 2.73 bits per heavy atom. The molecule has 0 aliphatic carbocycles. The van der Waals surface area contributed by atoms with Gasteiger partial charge in [-0.05, 0) is 42.0 Å². The summed E-state index contributed by atoms with van der Waals surface area (Å²) in [6.45, 7) is 1.63. The number of allylic oxidation sites excluding steroid dienone is 1. The topological polar surface area (TPSA) is 57.2 Å². The van der Waals surface area contributed by atoms with Crippen molar-refractivity contribution in [2.45, 2.75) is 13.1 Å². The van der Waals surface area contributed by atoms with E-state index in [0.29, 0.717) is 47.7 Å². The van der Waals surface area contributed by atoms with Crippen LogP contribution in [0.15, 0.2) is 60.4 Å². The van der Waals surface area contributed by atoms with Crippen molar-refractivity contribution in [2.75, 3.05) is 21.0 Å². The maximum absolute atomic E-state index is 13.1. The summed E-state index contributed by atoms with van der Waals surface area (Å²) in [4.78, 5) is 15.2. The van der Waals surface area contributed by atoms with Crippen LogP contribution in [0.4, 0.5) is 0 Å². The van der Waals surface area contributed by atoms with Gasteiger partial charge in [-0.15, -0.1) is 0 Å². The molecule has 0 radical (unpaired) electrons. The standard InChI is InChI=1S/C26H22ClNO5/c1-30-18-8-7-16(23(12-18)31-2)11-24-25(29)19-9-10-22-20(26(19)33-24)14-28(15-32-22)13-17-5-3-4-6-21(17)27/h3-12H,13-15H2,1-2H3/b24-11-. The maximum atomic E-state index is 13.1. The summed E-state index contributed by atoms with van der Waals surface area (Å²) < 4.78 is 22.8. The van der Waals surface area contributed by atoms with E-state index in [4.69, 9.17) is 30.5 Å². The number of carbonyl (C=O) groups excluding carboxylic acids is 1. The molecule has 0 amide bonds. The third-order valence-corrected chi connectivity index (χ3v) is 6.13. The molecule has 0 saturated carbocycles. The molecule has 168 valence electrons. The van der Waals surface area contributed by atoms with Gasteiger partial charge in [0.1, 0.15) is 29.7 Å². The molecule has 2 aliphatic heterocycles. The zero-order valence-electron chi connectivity index (χ0n) is 18.3. The van der Waals surface area contributed by atoms with E-state index in [-0.39, 0.29) is 11.5 Å². The molecule has 0 saturated heterocycles. The molecule has 0 aromatic heterocycles. The fourth-order valence-corrected chi connectivity index (χ4v) is 4.25.